The Balaban J connectivity index is 1.86. The van der Waals surface area contributed by atoms with E-state index in [4.69, 9.17) is 4.18 Å². The van der Waals surface area contributed by atoms with Crippen LogP contribution in [0, 0.1) is 20.8 Å². The topological polar surface area (TPSA) is 75.7 Å². The fourth-order valence-corrected chi connectivity index (χ4v) is 3.84. The molecule has 0 bridgehead atoms. The molecule has 0 saturated heterocycles. The highest BCUT2D eigenvalue weighted by molar-refractivity contribution is 7.87. The van der Waals surface area contributed by atoms with E-state index in [1.165, 1.54) is 0 Å². The van der Waals surface area contributed by atoms with Crippen LogP contribution in [0.1, 0.15) is 16.7 Å². The van der Waals surface area contributed by atoms with Crippen molar-refractivity contribution in [3.8, 4) is 5.75 Å². The molecule has 0 aromatic heterocycles. The Morgan fingerprint density at radius 3 is 2.26 bits per heavy atom. The highest BCUT2D eigenvalue weighted by Crippen LogP contribution is 2.21. The van der Waals surface area contributed by atoms with Crippen LogP contribution in [0.15, 0.2) is 42.5 Å². The Kier molecular flexibility index (Phi) is 6.98. The van der Waals surface area contributed by atoms with Gasteiger partial charge in [0.2, 0.25) is 5.91 Å². The smallest absolute Gasteiger partial charge is 0.310 e. The van der Waals surface area contributed by atoms with Crippen molar-refractivity contribution in [3.05, 3.63) is 59.2 Å². The van der Waals surface area contributed by atoms with Gasteiger partial charge in [-0.1, -0.05) is 35.9 Å². The monoisotopic (exact) mass is 390 g/mol. The number of rotatable bonds is 8. The van der Waals surface area contributed by atoms with Gasteiger partial charge >= 0.3 is 10.1 Å². The van der Waals surface area contributed by atoms with Crippen molar-refractivity contribution in [1.29, 1.82) is 0 Å². The molecule has 2 rings (SSSR count). The maximum Gasteiger partial charge on any atom is 0.310 e. The minimum Gasteiger partial charge on any atom is -0.382 e. The van der Waals surface area contributed by atoms with Gasteiger partial charge in [-0.2, -0.15) is 8.42 Å². The average molecular weight is 391 g/mol. The van der Waals surface area contributed by atoms with Gasteiger partial charge in [0.25, 0.3) is 0 Å². The van der Waals surface area contributed by atoms with Crippen molar-refractivity contribution in [2.45, 2.75) is 20.8 Å². The number of hydrogen-bond donors (Lipinski definition) is 1. The Morgan fingerprint density at radius 2 is 1.67 bits per heavy atom. The van der Waals surface area contributed by atoms with E-state index in [2.05, 4.69) is 5.32 Å². The molecule has 6 nitrogen and oxygen atoms in total. The van der Waals surface area contributed by atoms with Crippen LogP contribution in [0.5, 0.6) is 5.75 Å². The molecule has 0 aliphatic carbocycles. The van der Waals surface area contributed by atoms with E-state index in [1.54, 1.807) is 42.3 Å². The highest BCUT2D eigenvalue weighted by atomic mass is 32.2. The summed E-state index contributed by atoms with van der Waals surface area (Å²) in [6.45, 7) is 6.19. The Bertz CT molecular complexity index is 872. The van der Waals surface area contributed by atoms with Crippen molar-refractivity contribution in [1.82, 2.24) is 4.90 Å². The van der Waals surface area contributed by atoms with E-state index >= 15 is 0 Å². The van der Waals surface area contributed by atoms with E-state index in [9.17, 15) is 13.2 Å². The summed E-state index contributed by atoms with van der Waals surface area (Å²) in [6.07, 6.45) is 0. The number of carbonyl (C=O) groups is 1. The van der Waals surface area contributed by atoms with Crippen LogP contribution in [-0.2, 0) is 14.9 Å². The summed E-state index contributed by atoms with van der Waals surface area (Å²) in [4.78, 5) is 13.9. The minimum atomic E-state index is -3.72. The van der Waals surface area contributed by atoms with Gasteiger partial charge < -0.3 is 9.50 Å². The molecule has 2 aromatic carbocycles. The Hall–Kier alpha value is -2.38. The zero-order valence-electron chi connectivity index (χ0n) is 16.2. The molecule has 1 amide bonds. The van der Waals surface area contributed by atoms with Gasteiger partial charge in [0.05, 0.1) is 12.3 Å². The lowest BCUT2D eigenvalue weighted by molar-refractivity contribution is -0.117. The van der Waals surface area contributed by atoms with Crippen molar-refractivity contribution in [2.75, 3.05) is 31.2 Å². The van der Waals surface area contributed by atoms with Crippen LogP contribution in [0.3, 0.4) is 0 Å². The molecule has 0 fully saturated rings. The molecule has 0 aliphatic heterocycles. The van der Waals surface area contributed by atoms with Crippen LogP contribution in [0.25, 0.3) is 0 Å². The third-order valence-electron chi connectivity index (χ3n) is 4.04. The zero-order chi connectivity index (χ0) is 20.0. The fraction of sp³-hybridized carbons (Fsp3) is 0.350. The van der Waals surface area contributed by atoms with Gasteiger partial charge in [-0.25, -0.2) is 0 Å². The highest BCUT2D eigenvalue weighted by Gasteiger charge is 2.16. The van der Waals surface area contributed by atoms with Crippen molar-refractivity contribution in [2.24, 2.45) is 0 Å². The predicted octanol–water partition coefficient (Wildman–Crippen LogP) is 2.89. The second-order valence-electron chi connectivity index (χ2n) is 6.72. The van der Waals surface area contributed by atoms with Crippen molar-refractivity contribution < 1.29 is 17.4 Å². The van der Waals surface area contributed by atoms with Gasteiger partial charge in [0.15, 0.2) is 0 Å². The number of nitrogens with zero attached hydrogens (tertiary/aromatic N) is 1. The third kappa shape index (κ3) is 6.69. The molecule has 146 valence electrons. The Morgan fingerprint density at radius 1 is 1.07 bits per heavy atom. The second-order valence-corrected chi connectivity index (χ2v) is 8.41. The van der Waals surface area contributed by atoms with E-state index in [0.29, 0.717) is 0 Å². The van der Waals surface area contributed by atoms with Gasteiger partial charge in [0, 0.05) is 12.2 Å². The summed E-state index contributed by atoms with van der Waals surface area (Å²) < 4.78 is 29.1. The lowest BCUT2D eigenvalue weighted by Crippen LogP contribution is -2.34. The van der Waals surface area contributed by atoms with Crippen molar-refractivity contribution in [3.63, 3.8) is 0 Å². The Labute approximate surface area is 161 Å². The summed E-state index contributed by atoms with van der Waals surface area (Å²) >= 11 is 0. The second kappa shape index (κ2) is 9.01. The number of hydrogen-bond acceptors (Lipinski definition) is 5. The standard InChI is InChI=1S/C20H26N2O4S/c1-15-12-16(2)20(17(3)13-15)21-19(23)14-22(4)10-11-27(24,25)26-18-8-6-5-7-9-18/h5-9,12-13H,10-11,14H2,1-4H3,(H,21,23). The van der Waals surface area contributed by atoms with Crippen LogP contribution in [-0.4, -0.2) is 45.1 Å². The summed E-state index contributed by atoms with van der Waals surface area (Å²) in [5, 5.41) is 2.91. The maximum atomic E-state index is 12.3. The number of likely N-dealkylation sites (N-methyl/N-ethyl adjacent to an activating group) is 1. The molecule has 0 unspecified atom stereocenters. The molecule has 0 aliphatic rings. The molecule has 27 heavy (non-hydrogen) atoms. The molecule has 0 radical (unpaired) electrons. The number of carbonyl (C=O) groups excluding carboxylic acids is 1. The lowest BCUT2D eigenvalue weighted by Gasteiger charge is -2.18. The zero-order valence-corrected chi connectivity index (χ0v) is 17.0. The van der Waals surface area contributed by atoms with Crippen LogP contribution >= 0.6 is 0 Å². The first-order valence-electron chi connectivity index (χ1n) is 8.70. The van der Waals surface area contributed by atoms with Crippen LogP contribution in [0.2, 0.25) is 0 Å². The normalized spacial score (nSPS) is 11.4. The van der Waals surface area contributed by atoms with Crippen LogP contribution in [0.4, 0.5) is 5.69 Å². The quantitative estimate of drug-likeness (QED) is 0.702. The van der Waals surface area contributed by atoms with Gasteiger partial charge in [-0.05, 0) is 51.1 Å². The van der Waals surface area contributed by atoms with Gasteiger partial charge in [0.1, 0.15) is 5.75 Å². The molecule has 2 aromatic rings. The summed E-state index contributed by atoms with van der Waals surface area (Å²) in [7, 11) is -2.02. The lowest BCUT2D eigenvalue weighted by atomic mass is 10.1. The first kappa shape index (κ1) is 20.9. The first-order valence-corrected chi connectivity index (χ1v) is 10.3. The van der Waals surface area contributed by atoms with Crippen LogP contribution < -0.4 is 9.50 Å². The van der Waals surface area contributed by atoms with Gasteiger partial charge in [-0.15, -0.1) is 0 Å². The average Bonchev–Trinajstić information content (AvgIpc) is 2.57. The number of para-hydroxylation sites is 1. The SMILES string of the molecule is Cc1cc(C)c(NC(=O)CN(C)CCS(=O)(=O)Oc2ccccc2)c(C)c1. The number of aryl methyl sites for hydroxylation is 3. The number of anilines is 1. The van der Waals surface area contributed by atoms with Crippen molar-refractivity contribution >= 4 is 21.7 Å². The summed E-state index contributed by atoms with van der Waals surface area (Å²) in [5.74, 6) is -0.106. The van der Waals surface area contributed by atoms with E-state index in [-0.39, 0.29) is 30.5 Å². The van der Waals surface area contributed by atoms with E-state index in [1.807, 2.05) is 32.9 Å². The molecule has 0 heterocycles. The van der Waals surface area contributed by atoms with Gasteiger partial charge in [-0.3, -0.25) is 9.69 Å². The van der Waals surface area contributed by atoms with E-state index in [0.717, 1.165) is 22.4 Å². The first-order chi connectivity index (χ1) is 12.7. The molecule has 0 saturated carbocycles. The van der Waals surface area contributed by atoms with E-state index < -0.39 is 10.1 Å². The summed E-state index contributed by atoms with van der Waals surface area (Å²) in [6, 6.07) is 12.4. The predicted molar refractivity (Wildman–Crippen MR) is 108 cm³/mol. The fourth-order valence-electron chi connectivity index (χ4n) is 2.81. The summed E-state index contributed by atoms with van der Waals surface area (Å²) in [5.41, 5.74) is 3.95. The molecular formula is C20H26N2O4S. The third-order valence-corrected chi connectivity index (χ3v) is 5.17. The number of nitrogens with one attached hydrogen (secondary N) is 1. The minimum absolute atomic E-state index is 0.0909. The number of benzene rings is 2. The molecule has 0 spiro atoms. The largest absolute Gasteiger partial charge is 0.382 e. The maximum absolute atomic E-state index is 12.3. The molecular weight excluding hydrogens is 364 g/mol. The molecule has 0 atom stereocenters. The molecule has 1 N–H and O–H groups in total. The molecule has 7 heteroatoms. The number of amides is 1.